The molecule has 1 aliphatic carbocycles. The van der Waals surface area contributed by atoms with Gasteiger partial charge in [0.15, 0.2) is 5.76 Å². The van der Waals surface area contributed by atoms with Crippen molar-refractivity contribution in [3.63, 3.8) is 0 Å². The van der Waals surface area contributed by atoms with Gasteiger partial charge in [-0.2, -0.15) is 0 Å². The monoisotopic (exact) mass is 476 g/mol. The summed E-state index contributed by atoms with van der Waals surface area (Å²) >= 11 is 0. The van der Waals surface area contributed by atoms with Crippen molar-refractivity contribution in [3.8, 4) is 11.1 Å². The van der Waals surface area contributed by atoms with E-state index in [1.807, 2.05) is 50.2 Å². The molecule has 0 bridgehead atoms. The molecule has 0 fully saturated rings. The van der Waals surface area contributed by atoms with Crippen molar-refractivity contribution in [2.75, 3.05) is 6.61 Å². The Morgan fingerprint density at radius 1 is 0.971 bits per heavy atom. The Morgan fingerprint density at radius 3 is 2.20 bits per heavy atom. The molecule has 8 nitrogen and oxygen atoms in total. The molecule has 0 spiro atoms. The predicted molar refractivity (Wildman–Crippen MR) is 129 cm³/mol. The van der Waals surface area contributed by atoms with Crippen LogP contribution in [0.25, 0.3) is 11.1 Å². The molecule has 1 aliphatic rings. The molecule has 0 saturated carbocycles. The van der Waals surface area contributed by atoms with Crippen LogP contribution in [0.3, 0.4) is 0 Å². The van der Waals surface area contributed by atoms with E-state index >= 15 is 0 Å². The number of aliphatic carboxylic acids is 1. The van der Waals surface area contributed by atoms with Crippen LogP contribution in [0.15, 0.2) is 65.1 Å². The van der Waals surface area contributed by atoms with Crippen molar-refractivity contribution in [2.45, 2.75) is 38.8 Å². The van der Waals surface area contributed by atoms with Crippen molar-refractivity contribution < 1.29 is 28.6 Å². The second kappa shape index (κ2) is 10.5. The van der Waals surface area contributed by atoms with Crippen molar-refractivity contribution in [1.29, 1.82) is 0 Å². The van der Waals surface area contributed by atoms with E-state index in [0.29, 0.717) is 12.2 Å². The molecule has 2 amide bonds. The van der Waals surface area contributed by atoms with E-state index in [-0.39, 0.29) is 30.7 Å². The number of alkyl carbamates (subject to hydrolysis) is 1. The van der Waals surface area contributed by atoms with Gasteiger partial charge >= 0.3 is 12.1 Å². The second-order valence-corrected chi connectivity index (χ2v) is 8.94. The molecule has 0 aliphatic heterocycles. The lowest BCUT2D eigenvalue weighted by Gasteiger charge is -2.15. The summed E-state index contributed by atoms with van der Waals surface area (Å²) < 4.78 is 11.0. The highest BCUT2D eigenvalue weighted by molar-refractivity contribution is 5.94. The number of ether oxygens (including phenoxy) is 1. The molecule has 3 aromatic rings. The summed E-state index contributed by atoms with van der Waals surface area (Å²) in [7, 11) is 0. The molecule has 8 heteroatoms. The molecule has 35 heavy (non-hydrogen) atoms. The van der Waals surface area contributed by atoms with Gasteiger partial charge in [-0.15, -0.1) is 0 Å². The van der Waals surface area contributed by atoms with Gasteiger partial charge in [-0.3, -0.25) is 4.79 Å². The van der Waals surface area contributed by atoms with Gasteiger partial charge in [0.1, 0.15) is 18.4 Å². The summed E-state index contributed by atoms with van der Waals surface area (Å²) in [6, 6.07) is 18.2. The van der Waals surface area contributed by atoms with Gasteiger partial charge in [0, 0.05) is 5.92 Å². The van der Waals surface area contributed by atoms with E-state index in [1.54, 1.807) is 6.07 Å². The zero-order valence-electron chi connectivity index (χ0n) is 19.6. The predicted octanol–water partition coefficient (Wildman–Crippen LogP) is 4.55. The first kappa shape index (κ1) is 24.1. The Kier molecular flexibility index (Phi) is 7.19. The normalized spacial score (nSPS) is 13.1. The minimum atomic E-state index is -1.10. The lowest BCUT2D eigenvalue weighted by molar-refractivity contribution is -0.139. The first-order valence-electron chi connectivity index (χ1n) is 11.5. The number of nitrogens with one attached hydrogen (secondary N) is 2. The average Bonchev–Trinajstić information content (AvgIpc) is 3.44. The Hall–Kier alpha value is -4.07. The minimum absolute atomic E-state index is 0.0238. The molecule has 0 radical (unpaired) electrons. The Bertz CT molecular complexity index is 1190. The number of furan rings is 1. The van der Waals surface area contributed by atoms with E-state index in [2.05, 4.69) is 22.8 Å². The van der Waals surface area contributed by atoms with Crippen LogP contribution in [0.4, 0.5) is 4.79 Å². The lowest BCUT2D eigenvalue weighted by Crippen LogP contribution is -2.41. The van der Waals surface area contributed by atoms with Crippen LogP contribution >= 0.6 is 0 Å². The maximum Gasteiger partial charge on any atom is 0.407 e. The average molecular weight is 477 g/mol. The Morgan fingerprint density at radius 2 is 1.60 bits per heavy atom. The van der Waals surface area contributed by atoms with Gasteiger partial charge in [0.2, 0.25) is 0 Å². The number of carboxylic acids is 1. The fourth-order valence-corrected chi connectivity index (χ4v) is 4.33. The summed E-state index contributed by atoms with van der Waals surface area (Å²) in [4.78, 5) is 36.1. The van der Waals surface area contributed by atoms with E-state index < -0.39 is 24.0 Å². The summed E-state index contributed by atoms with van der Waals surface area (Å²) in [6.45, 7) is 3.97. The van der Waals surface area contributed by atoms with Crippen LogP contribution in [0.1, 0.15) is 53.6 Å². The smallest absolute Gasteiger partial charge is 0.407 e. The number of carbonyl (C=O) groups excluding carboxylic acids is 2. The molecule has 0 saturated heterocycles. The summed E-state index contributed by atoms with van der Waals surface area (Å²) in [5.74, 6) is -1.34. The largest absolute Gasteiger partial charge is 0.480 e. The molecule has 1 heterocycles. The maximum absolute atomic E-state index is 12.4. The van der Waals surface area contributed by atoms with Gasteiger partial charge in [-0.1, -0.05) is 62.4 Å². The first-order chi connectivity index (χ1) is 16.8. The highest BCUT2D eigenvalue weighted by Gasteiger charge is 2.29. The van der Waals surface area contributed by atoms with Gasteiger partial charge in [-0.25, -0.2) is 9.59 Å². The number of rotatable bonds is 9. The van der Waals surface area contributed by atoms with Crippen LogP contribution in [0.2, 0.25) is 0 Å². The molecule has 2 aromatic carbocycles. The van der Waals surface area contributed by atoms with Gasteiger partial charge in [0.25, 0.3) is 5.91 Å². The zero-order chi connectivity index (χ0) is 24.9. The highest BCUT2D eigenvalue weighted by Crippen LogP contribution is 2.44. The Balaban J connectivity index is 1.30. The standard InChI is InChI=1S/C27H28N2O6/c1-16(2)13-23(26(31)32)29-25(30)24-12-11-17(35-24)14-28-27(33)34-15-22-20-9-5-3-7-18(20)19-8-4-6-10-21(19)22/h3-12,16,22-23H,13-15H2,1-2H3,(H,28,33)(H,29,30)(H,31,32). The van der Waals surface area contributed by atoms with E-state index in [0.717, 1.165) is 22.3 Å². The SMILES string of the molecule is CC(C)CC(NC(=O)c1ccc(CNC(=O)OCC2c3ccccc3-c3ccccc32)o1)C(=O)O. The number of hydrogen-bond acceptors (Lipinski definition) is 5. The summed E-state index contributed by atoms with van der Waals surface area (Å²) in [5.41, 5.74) is 4.55. The highest BCUT2D eigenvalue weighted by atomic mass is 16.5. The minimum Gasteiger partial charge on any atom is -0.480 e. The van der Waals surface area contributed by atoms with Crippen LogP contribution in [-0.4, -0.2) is 35.7 Å². The zero-order valence-corrected chi connectivity index (χ0v) is 19.6. The number of amides is 2. The number of carboxylic acid groups (broad SMARTS) is 1. The number of benzene rings is 2. The van der Waals surface area contributed by atoms with E-state index in [9.17, 15) is 19.5 Å². The molecule has 1 aromatic heterocycles. The molecule has 182 valence electrons. The first-order valence-corrected chi connectivity index (χ1v) is 11.5. The maximum atomic E-state index is 12.4. The molecule has 1 atom stereocenters. The fraction of sp³-hybridized carbons (Fsp3) is 0.296. The quantitative estimate of drug-likeness (QED) is 0.417. The van der Waals surface area contributed by atoms with Crippen molar-refractivity contribution in [2.24, 2.45) is 5.92 Å². The molecular weight excluding hydrogens is 448 g/mol. The fourth-order valence-electron chi connectivity index (χ4n) is 4.33. The molecule has 3 N–H and O–H groups in total. The van der Waals surface area contributed by atoms with Gasteiger partial charge < -0.3 is 24.9 Å². The molecular formula is C27H28N2O6. The third kappa shape index (κ3) is 5.54. The van der Waals surface area contributed by atoms with Gasteiger partial charge in [-0.05, 0) is 46.7 Å². The van der Waals surface area contributed by atoms with Crippen molar-refractivity contribution in [3.05, 3.63) is 83.3 Å². The van der Waals surface area contributed by atoms with Crippen LogP contribution in [0.5, 0.6) is 0 Å². The van der Waals surface area contributed by atoms with E-state index in [4.69, 9.17) is 9.15 Å². The van der Waals surface area contributed by atoms with Gasteiger partial charge in [0.05, 0.1) is 6.54 Å². The lowest BCUT2D eigenvalue weighted by atomic mass is 9.98. The third-order valence-electron chi connectivity index (χ3n) is 5.95. The van der Waals surface area contributed by atoms with Crippen LogP contribution in [0, 0.1) is 5.92 Å². The summed E-state index contributed by atoms with van der Waals surface area (Å²) in [6.07, 6.45) is -0.296. The van der Waals surface area contributed by atoms with E-state index in [1.165, 1.54) is 6.07 Å². The number of hydrogen-bond donors (Lipinski definition) is 3. The van der Waals surface area contributed by atoms with Crippen LogP contribution in [-0.2, 0) is 16.1 Å². The van der Waals surface area contributed by atoms with Crippen LogP contribution < -0.4 is 10.6 Å². The summed E-state index contributed by atoms with van der Waals surface area (Å²) in [5, 5.41) is 14.4. The topological polar surface area (TPSA) is 118 Å². The second-order valence-electron chi connectivity index (χ2n) is 8.94. The number of fused-ring (bicyclic) bond motifs is 3. The molecule has 1 unspecified atom stereocenters. The van der Waals surface area contributed by atoms with Crippen molar-refractivity contribution in [1.82, 2.24) is 10.6 Å². The number of carbonyl (C=O) groups is 3. The Labute approximate surface area is 203 Å². The van der Waals surface area contributed by atoms with Crippen molar-refractivity contribution >= 4 is 18.0 Å². The molecule has 4 rings (SSSR count). The third-order valence-corrected chi connectivity index (χ3v) is 5.95.